The zero-order valence-electron chi connectivity index (χ0n) is 11.0. The van der Waals surface area contributed by atoms with Crippen LogP contribution in [0.25, 0.3) is 21.7 Å². The van der Waals surface area contributed by atoms with Crippen molar-refractivity contribution in [1.29, 1.82) is 0 Å². The molecule has 0 aliphatic heterocycles. The number of thiophene rings is 1. The van der Waals surface area contributed by atoms with Gasteiger partial charge in [-0.25, -0.2) is 0 Å². The standard InChI is InChI=1S/C14H14N2O2S/c1-7-8(2)17-9(3)11(7)13-12(14(15)18-16-13)10-5-4-6-19-10/h4-6H,15H2,1-3H3. The van der Waals surface area contributed by atoms with Gasteiger partial charge in [0.05, 0.1) is 5.56 Å². The minimum atomic E-state index is 0.343. The van der Waals surface area contributed by atoms with Gasteiger partial charge < -0.3 is 14.7 Å². The van der Waals surface area contributed by atoms with Crippen LogP contribution >= 0.6 is 11.3 Å². The van der Waals surface area contributed by atoms with Crippen LogP contribution in [0.3, 0.4) is 0 Å². The van der Waals surface area contributed by atoms with Crippen molar-refractivity contribution in [2.45, 2.75) is 20.8 Å². The Kier molecular flexibility index (Phi) is 2.71. The fraction of sp³-hybridized carbons (Fsp3) is 0.214. The van der Waals surface area contributed by atoms with Gasteiger partial charge in [-0.1, -0.05) is 11.2 Å². The van der Waals surface area contributed by atoms with Gasteiger partial charge in [-0.3, -0.25) is 0 Å². The summed E-state index contributed by atoms with van der Waals surface area (Å²) in [6.45, 7) is 5.89. The van der Waals surface area contributed by atoms with Gasteiger partial charge >= 0.3 is 0 Å². The Morgan fingerprint density at radius 2 is 1.95 bits per heavy atom. The van der Waals surface area contributed by atoms with E-state index in [0.717, 1.165) is 38.8 Å². The van der Waals surface area contributed by atoms with Crippen LogP contribution in [0, 0.1) is 20.8 Å². The van der Waals surface area contributed by atoms with Crippen LogP contribution < -0.4 is 5.73 Å². The van der Waals surface area contributed by atoms with E-state index in [-0.39, 0.29) is 0 Å². The third kappa shape index (κ3) is 1.77. The van der Waals surface area contributed by atoms with Gasteiger partial charge in [-0.2, -0.15) is 0 Å². The highest BCUT2D eigenvalue weighted by atomic mass is 32.1. The van der Waals surface area contributed by atoms with E-state index in [1.54, 1.807) is 11.3 Å². The lowest BCUT2D eigenvalue weighted by atomic mass is 10.0. The van der Waals surface area contributed by atoms with Crippen molar-refractivity contribution >= 4 is 17.2 Å². The highest BCUT2D eigenvalue weighted by molar-refractivity contribution is 7.13. The summed E-state index contributed by atoms with van der Waals surface area (Å²) in [5, 5.41) is 6.13. The molecule has 0 spiro atoms. The lowest BCUT2D eigenvalue weighted by Gasteiger charge is -2.00. The molecule has 0 unspecified atom stereocenters. The van der Waals surface area contributed by atoms with E-state index in [9.17, 15) is 0 Å². The Labute approximate surface area is 114 Å². The fourth-order valence-corrected chi connectivity index (χ4v) is 3.05. The van der Waals surface area contributed by atoms with Crippen LogP contribution in [0.5, 0.6) is 0 Å². The van der Waals surface area contributed by atoms with Gasteiger partial charge in [-0.05, 0) is 37.8 Å². The molecule has 4 nitrogen and oxygen atoms in total. The Hall–Kier alpha value is -2.01. The maximum atomic E-state index is 5.92. The maximum absolute atomic E-state index is 5.92. The Morgan fingerprint density at radius 3 is 2.53 bits per heavy atom. The number of furan rings is 1. The van der Waals surface area contributed by atoms with Gasteiger partial charge in [0.15, 0.2) is 0 Å². The molecule has 98 valence electrons. The van der Waals surface area contributed by atoms with E-state index >= 15 is 0 Å². The van der Waals surface area contributed by atoms with Crippen LogP contribution in [0.1, 0.15) is 17.1 Å². The molecule has 0 bridgehead atoms. The molecule has 0 fully saturated rings. The van der Waals surface area contributed by atoms with E-state index < -0.39 is 0 Å². The monoisotopic (exact) mass is 274 g/mol. The first-order valence-electron chi connectivity index (χ1n) is 5.95. The molecule has 3 aromatic rings. The fourth-order valence-electron chi connectivity index (χ4n) is 2.27. The highest BCUT2D eigenvalue weighted by Gasteiger charge is 2.23. The summed E-state index contributed by atoms with van der Waals surface area (Å²) in [6, 6.07) is 3.99. The minimum Gasteiger partial charge on any atom is -0.466 e. The van der Waals surface area contributed by atoms with Gasteiger partial charge in [0.1, 0.15) is 17.2 Å². The molecule has 3 heterocycles. The van der Waals surface area contributed by atoms with E-state index in [1.807, 2.05) is 38.3 Å². The normalized spacial score (nSPS) is 11.1. The van der Waals surface area contributed by atoms with Crippen molar-refractivity contribution in [1.82, 2.24) is 5.16 Å². The molecule has 5 heteroatoms. The number of anilines is 1. The van der Waals surface area contributed by atoms with Crippen LogP contribution in [0.15, 0.2) is 26.5 Å². The van der Waals surface area contributed by atoms with Crippen molar-refractivity contribution in [3.05, 3.63) is 34.6 Å². The third-order valence-electron chi connectivity index (χ3n) is 3.28. The average Bonchev–Trinajstić information content (AvgIpc) is 3.03. The number of nitrogens with two attached hydrogens (primary N) is 1. The number of rotatable bonds is 2. The van der Waals surface area contributed by atoms with Crippen LogP contribution in [-0.2, 0) is 0 Å². The van der Waals surface area contributed by atoms with Crippen molar-refractivity contribution in [2.75, 3.05) is 5.73 Å². The van der Waals surface area contributed by atoms with Crippen molar-refractivity contribution in [3.8, 4) is 21.7 Å². The first kappa shape index (κ1) is 12.0. The highest BCUT2D eigenvalue weighted by Crippen LogP contribution is 2.41. The summed E-state index contributed by atoms with van der Waals surface area (Å²) in [5.74, 6) is 2.07. The summed E-state index contributed by atoms with van der Waals surface area (Å²) in [6.07, 6.45) is 0. The van der Waals surface area contributed by atoms with Crippen molar-refractivity contribution in [3.63, 3.8) is 0 Å². The topological polar surface area (TPSA) is 65.2 Å². The molecule has 0 amide bonds. The summed E-state index contributed by atoms with van der Waals surface area (Å²) < 4.78 is 10.8. The minimum absolute atomic E-state index is 0.343. The Balaban J connectivity index is 2.28. The third-order valence-corrected chi connectivity index (χ3v) is 4.17. The van der Waals surface area contributed by atoms with Gasteiger partial charge in [0.25, 0.3) is 0 Å². The number of aromatic nitrogens is 1. The maximum Gasteiger partial charge on any atom is 0.231 e. The molecule has 0 saturated carbocycles. The largest absolute Gasteiger partial charge is 0.466 e. The zero-order chi connectivity index (χ0) is 13.6. The van der Waals surface area contributed by atoms with E-state index in [2.05, 4.69) is 5.16 Å². The predicted octanol–water partition coefficient (Wildman–Crippen LogP) is 4.17. The average molecular weight is 274 g/mol. The molecule has 3 aromatic heterocycles. The predicted molar refractivity (Wildman–Crippen MR) is 76.1 cm³/mol. The first-order valence-corrected chi connectivity index (χ1v) is 6.83. The number of hydrogen-bond donors (Lipinski definition) is 1. The molecule has 0 aliphatic carbocycles. The van der Waals surface area contributed by atoms with Crippen LogP contribution in [0.2, 0.25) is 0 Å². The molecule has 0 aliphatic rings. The molecule has 0 aromatic carbocycles. The quantitative estimate of drug-likeness (QED) is 0.761. The van der Waals surface area contributed by atoms with Gasteiger partial charge in [0.2, 0.25) is 5.88 Å². The number of nitrogen functional groups attached to an aromatic ring is 1. The molecule has 0 radical (unpaired) electrons. The second kappa shape index (κ2) is 4.28. The molecule has 3 rings (SSSR count). The molecule has 19 heavy (non-hydrogen) atoms. The van der Waals surface area contributed by atoms with Crippen LogP contribution in [-0.4, -0.2) is 5.16 Å². The van der Waals surface area contributed by atoms with Crippen LogP contribution in [0.4, 0.5) is 5.88 Å². The van der Waals surface area contributed by atoms with E-state index in [4.69, 9.17) is 14.7 Å². The van der Waals surface area contributed by atoms with Crippen molar-refractivity contribution in [2.24, 2.45) is 0 Å². The SMILES string of the molecule is Cc1oc(C)c(-c2noc(N)c2-c2cccs2)c1C. The number of nitrogens with zero attached hydrogens (tertiary/aromatic N) is 1. The molecular formula is C14H14N2O2S. The van der Waals surface area contributed by atoms with Gasteiger partial charge in [-0.15, -0.1) is 11.3 Å². The zero-order valence-corrected chi connectivity index (χ0v) is 11.8. The van der Waals surface area contributed by atoms with Gasteiger partial charge in [0, 0.05) is 10.4 Å². The lowest BCUT2D eigenvalue weighted by molar-refractivity contribution is 0.439. The van der Waals surface area contributed by atoms with E-state index in [0.29, 0.717) is 5.88 Å². The summed E-state index contributed by atoms with van der Waals surface area (Å²) in [4.78, 5) is 1.05. The Bertz CT molecular complexity index is 723. The van der Waals surface area contributed by atoms with E-state index in [1.165, 1.54) is 0 Å². The Morgan fingerprint density at radius 1 is 1.16 bits per heavy atom. The lowest BCUT2D eigenvalue weighted by Crippen LogP contribution is -1.87. The molecular weight excluding hydrogens is 260 g/mol. The van der Waals surface area contributed by atoms with Crippen molar-refractivity contribution < 1.29 is 8.94 Å². The second-order valence-corrected chi connectivity index (χ2v) is 5.41. The first-order chi connectivity index (χ1) is 9.09. The number of hydrogen-bond acceptors (Lipinski definition) is 5. The summed E-state index contributed by atoms with van der Waals surface area (Å²) in [7, 11) is 0. The number of aryl methyl sites for hydroxylation is 2. The molecule has 2 N–H and O–H groups in total. The summed E-state index contributed by atoms with van der Waals surface area (Å²) >= 11 is 1.61. The smallest absolute Gasteiger partial charge is 0.231 e. The summed E-state index contributed by atoms with van der Waals surface area (Å²) in [5.41, 5.74) is 9.58. The molecule has 0 saturated heterocycles. The molecule has 0 atom stereocenters. The second-order valence-electron chi connectivity index (χ2n) is 4.46.